The van der Waals surface area contributed by atoms with Gasteiger partial charge in [-0.3, -0.25) is 14.9 Å². The van der Waals surface area contributed by atoms with Crippen molar-refractivity contribution >= 4 is 50.9 Å². The third kappa shape index (κ3) is 2.52. The van der Waals surface area contributed by atoms with E-state index in [0.717, 1.165) is 27.4 Å². The van der Waals surface area contributed by atoms with Crippen molar-refractivity contribution in [2.45, 2.75) is 13.1 Å². The number of hydrogen-bond donors (Lipinski definition) is 3. The number of rotatable bonds is 2. The zero-order valence-electron chi connectivity index (χ0n) is 16.9. The Labute approximate surface area is 181 Å². The molecule has 32 heavy (non-hydrogen) atoms. The summed E-state index contributed by atoms with van der Waals surface area (Å²) >= 11 is 0. The van der Waals surface area contributed by atoms with E-state index >= 15 is 0 Å². The summed E-state index contributed by atoms with van der Waals surface area (Å²) < 4.78 is 1.98. The second kappa shape index (κ2) is 6.58. The van der Waals surface area contributed by atoms with Gasteiger partial charge in [-0.05, 0) is 11.6 Å². The Morgan fingerprint density at radius 3 is 2.47 bits per heavy atom. The van der Waals surface area contributed by atoms with Crippen LogP contribution in [-0.2, 0) is 22.7 Å². The maximum atomic E-state index is 13.0. The number of carbonyl (C=O) groups is 3. The van der Waals surface area contributed by atoms with E-state index in [4.69, 9.17) is 0 Å². The summed E-state index contributed by atoms with van der Waals surface area (Å²) in [5.41, 5.74) is 4.69. The van der Waals surface area contributed by atoms with Gasteiger partial charge in [0.2, 0.25) is 0 Å². The second-order valence-electron chi connectivity index (χ2n) is 8.03. The maximum absolute atomic E-state index is 13.0. The molecule has 0 saturated heterocycles. The fourth-order valence-electron chi connectivity index (χ4n) is 4.86. The Hall–Kier alpha value is -4.33. The maximum Gasteiger partial charge on any atom is 0.407 e. The minimum atomic E-state index is -0.960. The number of nitrogens with one attached hydrogen (secondary N) is 2. The highest BCUT2D eigenvalue weighted by molar-refractivity contribution is 6.50. The molecule has 3 amide bonds. The molecule has 4 heterocycles. The number of benzene rings is 2. The lowest BCUT2D eigenvalue weighted by molar-refractivity contribution is -0.122. The van der Waals surface area contributed by atoms with Crippen LogP contribution in [0.1, 0.15) is 16.7 Å². The van der Waals surface area contributed by atoms with Crippen LogP contribution in [-0.4, -0.2) is 44.0 Å². The zero-order chi connectivity index (χ0) is 22.0. The molecule has 8 heteroatoms. The molecule has 4 aromatic rings. The first kappa shape index (κ1) is 18.4. The van der Waals surface area contributed by atoms with Crippen molar-refractivity contribution in [3.05, 3.63) is 71.5 Å². The molecule has 2 aliphatic heterocycles. The first-order valence-electron chi connectivity index (χ1n) is 10.3. The van der Waals surface area contributed by atoms with Crippen molar-refractivity contribution in [1.82, 2.24) is 19.8 Å². The average Bonchev–Trinajstić information content (AvgIpc) is 3.39. The molecule has 0 radical (unpaired) electrons. The molecule has 0 saturated carbocycles. The summed E-state index contributed by atoms with van der Waals surface area (Å²) in [5, 5.41) is 13.6. The molecular weight excluding hydrogens is 408 g/mol. The van der Waals surface area contributed by atoms with Gasteiger partial charge < -0.3 is 19.6 Å². The summed E-state index contributed by atoms with van der Waals surface area (Å²) in [6.45, 7) is 1.08. The number of nitrogens with zero attached hydrogens (tertiary/aromatic N) is 2. The molecule has 2 aliphatic rings. The molecule has 0 spiro atoms. The zero-order valence-corrected chi connectivity index (χ0v) is 16.9. The third-order valence-corrected chi connectivity index (χ3v) is 6.28. The van der Waals surface area contributed by atoms with E-state index in [1.165, 1.54) is 4.90 Å². The van der Waals surface area contributed by atoms with Crippen molar-refractivity contribution in [2.75, 3.05) is 6.54 Å². The average molecular weight is 426 g/mol. The summed E-state index contributed by atoms with van der Waals surface area (Å²) in [6.07, 6.45) is 2.66. The molecule has 0 fully saturated rings. The number of para-hydroxylation sites is 2. The predicted octanol–water partition coefficient (Wildman–Crippen LogP) is 3.18. The van der Waals surface area contributed by atoms with Gasteiger partial charge in [0.1, 0.15) is 0 Å². The molecule has 158 valence electrons. The molecular formula is C24H18N4O4. The van der Waals surface area contributed by atoms with Gasteiger partial charge >= 0.3 is 6.09 Å². The highest BCUT2D eigenvalue weighted by Crippen LogP contribution is 2.39. The van der Waals surface area contributed by atoms with E-state index in [-0.39, 0.29) is 6.54 Å². The van der Waals surface area contributed by atoms with Crippen LogP contribution in [0, 0.1) is 0 Å². The molecule has 6 rings (SSSR count). The number of amides is 3. The largest absolute Gasteiger partial charge is 0.465 e. The Balaban J connectivity index is 1.61. The Morgan fingerprint density at radius 1 is 0.906 bits per heavy atom. The predicted molar refractivity (Wildman–Crippen MR) is 119 cm³/mol. The number of carbonyl (C=O) groups excluding carboxylic acids is 2. The fourth-order valence-corrected chi connectivity index (χ4v) is 4.86. The molecule has 2 aromatic heterocycles. The molecule has 0 atom stereocenters. The second-order valence-corrected chi connectivity index (χ2v) is 8.03. The van der Waals surface area contributed by atoms with Crippen molar-refractivity contribution in [3.8, 4) is 0 Å². The Bertz CT molecular complexity index is 1510. The van der Waals surface area contributed by atoms with Crippen LogP contribution >= 0.6 is 0 Å². The first-order chi connectivity index (χ1) is 15.5. The quantitative estimate of drug-likeness (QED) is 0.428. The Morgan fingerprint density at radius 2 is 1.66 bits per heavy atom. The highest BCUT2D eigenvalue weighted by atomic mass is 16.4. The van der Waals surface area contributed by atoms with E-state index in [2.05, 4.69) is 10.3 Å². The van der Waals surface area contributed by atoms with Crippen LogP contribution in [0.15, 0.2) is 54.9 Å². The first-order valence-corrected chi connectivity index (χ1v) is 10.3. The molecule has 3 N–H and O–H groups in total. The van der Waals surface area contributed by atoms with Crippen LogP contribution in [0.4, 0.5) is 4.79 Å². The summed E-state index contributed by atoms with van der Waals surface area (Å²) in [7, 11) is 0. The van der Waals surface area contributed by atoms with Crippen LogP contribution in [0.2, 0.25) is 0 Å². The number of aromatic amines is 1. The molecule has 8 nitrogen and oxygen atoms in total. The molecule has 2 aromatic carbocycles. The standard InChI is InChI=1S/C24H18N4O4/c29-22-19(16-10-25-18-7-2-1-5-14(16)18)20(23(30)26-22)17-12-27-8-9-28(24(31)32)11-13-4-3-6-15(17)21(13)27/h1-7,10,12,25H,8-9,11H2,(H,31,32)(H,26,29,30). The van der Waals surface area contributed by atoms with Gasteiger partial charge in [-0.15, -0.1) is 0 Å². The number of hydrogen-bond acceptors (Lipinski definition) is 3. The van der Waals surface area contributed by atoms with Crippen molar-refractivity contribution in [2.24, 2.45) is 0 Å². The van der Waals surface area contributed by atoms with Gasteiger partial charge in [-0.1, -0.05) is 36.4 Å². The smallest absolute Gasteiger partial charge is 0.407 e. The van der Waals surface area contributed by atoms with Crippen LogP contribution in [0.3, 0.4) is 0 Å². The minimum absolute atomic E-state index is 0.273. The van der Waals surface area contributed by atoms with Gasteiger partial charge in [0.05, 0.1) is 23.2 Å². The third-order valence-electron chi connectivity index (χ3n) is 6.28. The van der Waals surface area contributed by atoms with E-state index in [9.17, 15) is 19.5 Å². The van der Waals surface area contributed by atoms with E-state index in [1.807, 2.05) is 53.2 Å². The lowest BCUT2D eigenvalue weighted by Crippen LogP contribution is -2.30. The number of fused-ring (bicyclic) bond motifs is 1. The monoisotopic (exact) mass is 426 g/mol. The lowest BCUT2D eigenvalue weighted by atomic mass is 9.95. The van der Waals surface area contributed by atoms with Crippen molar-refractivity contribution < 1.29 is 19.5 Å². The highest BCUT2D eigenvalue weighted by Gasteiger charge is 2.35. The summed E-state index contributed by atoms with van der Waals surface area (Å²) in [4.78, 5) is 42.0. The molecule has 0 aliphatic carbocycles. The van der Waals surface area contributed by atoms with Gasteiger partial charge in [0, 0.05) is 52.9 Å². The van der Waals surface area contributed by atoms with E-state index in [1.54, 1.807) is 6.20 Å². The van der Waals surface area contributed by atoms with Gasteiger partial charge in [0.25, 0.3) is 11.8 Å². The minimum Gasteiger partial charge on any atom is -0.465 e. The van der Waals surface area contributed by atoms with Crippen LogP contribution in [0.25, 0.3) is 33.0 Å². The lowest BCUT2D eigenvalue weighted by Gasteiger charge is -2.16. The number of H-pyrrole nitrogens is 1. The topological polar surface area (TPSA) is 107 Å². The van der Waals surface area contributed by atoms with Crippen molar-refractivity contribution in [3.63, 3.8) is 0 Å². The summed E-state index contributed by atoms with van der Waals surface area (Å²) in [6, 6.07) is 13.3. The number of carboxylic acid groups (broad SMARTS) is 1. The van der Waals surface area contributed by atoms with E-state index in [0.29, 0.717) is 35.4 Å². The van der Waals surface area contributed by atoms with Gasteiger partial charge in [-0.2, -0.15) is 0 Å². The number of aromatic nitrogens is 2. The van der Waals surface area contributed by atoms with E-state index < -0.39 is 17.9 Å². The fraction of sp³-hybridized carbons (Fsp3) is 0.125. The summed E-state index contributed by atoms with van der Waals surface area (Å²) in [5.74, 6) is -0.847. The van der Waals surface area contributed by atoms with Crippen LogP contribution < -0.4 is 5.32 Å². The Kier molecular flexibility index (Phi) is 3.79. The molecule has 0 bridgehead atoms. The van der Waals surface area contributed by atoms with Gasteiger partial charge in [0.15, 0.2) is 0 Å². The molecule has 0 unspecified atom stereocenters. The normalized spacial score (nSPS) is 16.2. The van der Waals surface area contributed by atoms with Crippen LogP contribution in [0.5, 0.6) is 0 Å². The number of imide groups is 1. The van der Waals surface area contributed by atoms with Gasteiger partial charge in [-0.25, -0.2) is 4.79 Å². The SMILES string of the molecule is O=C1NC(=O)C(c2cn3c4c(cccc24)CN(C(=O)O)CC3)=C1c1c[nH]c2ccccc12. The van der Waals surface area contributed by atoms with Crippen molar-refractivity contribution in [1.29, 1.82) is 0 Å².